The van der Waals surface area contributed by atoms with Crippen molar-refractivity contribution in [1.29, 1.82) is 0 Å². The van der Waals surface area contributed by atoms with E-state index in [1.165, 1.54) is 5.56 Å². The third-order valence-corrected chi connectivity index (χ3v) is 4.15. The van der Waals surface area contributed by atoms with Gasteiger partial charge in [0.2, 0.25) is 5.91 Å². The molecule has 0 saturated heterocycles. The second-order valence-corrected chi connectivity index (χ2v) is 6.31. The van der Waals surface area contributed by atoms with Gasteiger partial charge in [-0.05, 0) is 31.4 Å². The summed E-state index contributed by atoms with van der Waals surface area (Å²) in [6.45, 7) is 3.67. The summed E-state index contributed by atoms with van der Waals surface area (Å²) in [5, 5.41) is 6.18. The molecule has 5 nitrogen and oxygen atoms in total. The maximum absolute atomic E-state index is 11.8. The van der Waals surface area contributed by atoms with E-state index in [1.54, 1.807) is 0 Å². The van der Waals surface area contributed by atoms with Crippen LogP contribution < -0.4 is 10.6 Å². The number of nitrogens with zero attached hydrogens (tertiary/aromatic N) is 2. The molecule has 1 fully saturated rings. The van der Waals surface area contributed by atoms with E-state index in [9.17, 15) is 4.79 Å². The highest BCUT2D eigenvalue weighted by atomic mass is 79.9. The lowest BCUT2D eigenvalue weighted by Gasteiger charge is -2.22. The zero-order valence-electron chi connectivity index (χ0n) is 13.1. The molecule has 1 aromatic carbocycles. The predicted octanol–water partition coefficient (Wildman–Crippen LogP) is 2.13. The van der Waals surface area contributed by atoms with Gasteiger partial charge in [-0.25, -0.2) is 4.99 Å². The first kappa shape index (κ1) is 16.8. The Labute approximate surface area is 140 Å². The number of hydrogen-bond donors (Lipinski definition) is 2. The highest BCUT2D eigenvalue weighted by Gasteiger charge is 2.23. The normalized spacial score (nSPS) is 14.6. The first-order valence-electron chi connectivity index (χ1n) is 7.62. The van der Waals surface area contributed by atoms with Crippen LogP contribution in [-0.2, 0) is 11.3 Å². The molecule has 0 aromatic heterocycles. The molecule has 1 aromatic rings. The molecule has 1 aliphatic carbocycles. The van der Waals surface area contributed by atoms with E-state index in [0.29, 0.717) is 6.04 Å². The van der Waals surface area contributed by atoms with Gasteiger partial charge in [0, 0.05) is 30.7 Å². The zero-order valence-corrected chi connectivity index (χ0v) is 14.7. The maximum atomic E-state index is 11.8. The lowest BCUT2D eigenvalue weighted by atomic mass is 10.2. The number of halogens is 1. The largest absolute Gasteiger partial charge is 0.357 e. The van der Waals surface area contributed by atoms with E-state index in [4.69, 9.17) is 0 Å². The summed E-state index contributed by atoms with van der Waals surface area (Å²) in [7, 11) is 1.97. The molecule has 0 bridgehead atoms. The Kier molecular flexibility index (Phi) is 6.24. The number of carbonyl (C=O) groups excluding carboxylic acids is 1. The van der Waals surface area contributed by atoms with Gasteiger partial charge in [-0.3, -0.25) is 4.79 Å². The molecule has 0 heterocycles. The minimum absolute atomic E-state index is 0.00723. The smallest absolute Gasteiger partial charge is 0.242 e. The van der Waals surface area contributed by atoms with Crippen molar-refractivity contribution in [3.05, 3.63) is 34.3 Å². The Morgan fingerprint density at radius 1 is 1.41 bits per heavy atom. The first-order valence-corrected chi connectivity index (χ1v) is 8.41. The fourth-order valence-corrected chi connectivity index (χ4v) is 2.48. The average molecular weight is 367 g/mol. The van der Waals surface area contributed by atoms with Crippen molar-refractivity contribution in [3.8, 4) is 0 Å². The van der Waals surface area contributed by atoms with Gasteiger partial charge in [-0.1, -0.05) is 34.1 Å². The minimum Gasteiger partial charge on any atom is -0.357 e. The van der Waals surface area contributed by atoms with Gasteiger partial charge in [0.15, 0.2) is 5.96 Å². The fraction of sp³-hybridized carbons (Fsp3) is 0.500. The van der Waals surface area contributed by atoms with Gasteiger partial charge >= 0.3 is 0 Å². The SMILES string of the molecule is CCNC(=NCC(=O)NC1CC1)N(C)Cc1ccccc1Br. The summed E-state index contributed by atoms with van der Waals surface area (Å²) in [6, 6.07) is 8.49. The molecule has 1 saturated carbocycles. The van der Waals surface area contributed by atoms with E-state index in [-0.39, 0.29) is 12.5 Å². The van der Waals surface area contributed by atoms with E-state index >= 15 is 0 Å². The summed E-state index contributed by atoms with van der Waals surface area (Å²) < 4.78 is 1.07. The predicted molar refractivity (Wildman–Crippen MR) is 92.8 cm³/mol. The molecule has 0 aliphatic heterocycles. The van der Waals surface area contributed by atoms with E-state index < -0.39 is 0 Å². The van der Waals surface area contributed by atoms with Crippen LogP contribution in [0.5, 0.6) is 0 Å². The summed E-state index contributed by atoms with van der Waals surface area (Å²) in [5.74, 6) is 0.733. The first-order chi connectivity index (χ1) is 10.6. The fourth-order valence-electron chi connectivity index (χ4n) is 2.07. The van der Waals surface area contributed by atoms with Gasteiger partial charge < -0.3 is 15.5 Å². The third-order valence-electron chi connectivity index (χ3n) is 3.38. The number of rotatable bonds is 6. The van der Waals surface area contributed by atoms with Crippen molar-refractivity contribution in [2.75, 3.05) is 20.1 Å². The van der Waals surface area contributed by atoms with Crippen molar-refractivity contribution < 1.29 is 4.79 Å². The zero-order chi connectivity index (χ0) is 15.9. The number of benzene rings is 1. The molecule has 0 atom stereocenters. The van der Waals surface area contributed by atoms with Crippen LogP contribution in [0, 0.1) is 0 Å². The lowest BCUT2D eigenvalue weighted by molar-refractivity contribution is -0.119. The van der Waals surface area contributed by atoms with Crippen LogP contribution in [0.4, 0.5) is 0 Å². The third kappa shape index (κ3) is 5.33. The van der Waals surface area contributed by atoms with Crippen LogP contribution in [0.15, 0.2) is 33.7 Å². The number of amides is 1. The topological polar surface area (TPSA) is 56.7 Å². The van der Waals surface area contributed by atoms with Gasteiger partial charge in [0.25, 0.3) is 0 Å². The number of aliphatic imine (C=N–C) groups is 1. The van der Waals surface area contributed by atoms with Crippen molar-refractivity contribution >= 4 is 27.8 Å². The van der Waals surface area contributed by atoms with Crippen molar-refractivity contribution in [2.24, 2.45) is 4.99 Å². The molecule has 2 rings (SSSR count). The molecule has 0 unspecified atom stereocenters. The van der Waals surface area contributed by atoms with Gasteiger partial charge in [0.05, 0.1) is 0 Å². The van der Waals surface area contributed by atoms with E-state index in [0.717, 1.165) is 36.4 Å². The average Bonchev–Trinajstić information content (AvgIpc) is 3.29. The van der Waals surface area contributed by atoms with Gasteiger partial charge in [-0.2, -0.15) is 0 Å². The molecule has 120 valence electrons. The Morgan fingerprint density at radius 3 is 2.77 bits per heavy atom. The summed E-state index contributed by atoms with van der Waals surface area (Å²) in [6.07, 6.45) is 2.19. The Balaban J connectivity index is 1.95. The van der Waals surface area contributed by atoms with Crippen LogP contribution in [0.25, 0.3) is 0 Å². The number of carbonyl (C=O) groups is 1. The molecule has 22 heavy (non-hydrogen) atoms. The Morgan fingerprint density at radius 2 is 2.14 bits per heavy atom. The van der Waals surface area contributed by atoms with Gasteiger partial charge in [0.1, 0.15) is 6.54 Å². The Hall–Kier alpha value is -1.56. The molecule has 1 aliphatic rings. The van der Waals surface area contributed by atoms with Crippen molar-refractivity contribution in [1.82, 2.24) is 15.5 Å². The maximum Gasteiger partial charge on any atom is 0.242 e. The van der Waals surface area contributed by atoms with Crippen molar-refractivity contribution in [3.63, 3.8) is 0 Å². The van der Waals surface area contributed by atoms with Crippen LogP contribution in [0.3, 0.4) is 0 Å². The summed E-state index contributed by atoms with van der Waals surface area (Å²) >= 11 is 3.56. The molecule has 2 N–H and O–H groups in total. The molecule has 0 spiro atoms. The Bertz CT molecular complexity index is 543. The second-order valence-electron chi connectivity index (χ2n) is 5.46. The second kappa shape index (κ2) is 8.17. The molecule has 0 radical (unpaired) electrons. The monoisotopic (exact) mass is 366 g/mol. The van der Waals surface area contributed by atoms with E-state index in [1.807, 2.05) is 37.1 Å². The number of nitrogens with one attached hydrogen (secondary N) is 2. The number of guanidine groups is 1. The lowest BCUT2D eigenvalue weighted by Crippen LogP contribution is -2.39. The molecular formula is C16H23BrN4O. The molecular weight excluding hydrogens is 344 g/mol. The van der Waals surface area contributed by atoms with Crippen molar-refractivity contribution in [2.45, 2.75) is 32.4 Å². The van der Waals surface area contributed by atoms with Crippen LogP contribution >= 0.6 is 15.9 Å². The quantitative estimate of drug-likeness (QED) is 0.598. The van der Waals surface area contributed by atoms with Crippen LogP contribution in [0.1, 0.15) is 25.3 Å². The highest BCUT2D eigenvalue weighted by Crippen LogP contribution is 2.18. The van der Waals surface area contributed by atoms with Crippen LogP contribution in [-0.4, -0.2) is 42.9 Å². The standard InChI is InChI=1S/C16H23BrN4O/c1-3-18-16(19-10-15(22)20-13-8-9-13)21(2)11-12-6-4-5-7-14(12)17/h4-7,13H,3,8-11H2,1-2H3,(H,18,19)(H,20,22). The molecule has 6 heteroatoms. The number of hydrogen-bond acceptors (Lipinski definition) is 2. The van der Waals surface area contributed by atoms with Gasteiger partial charge in [-0.15, -0.1) is 0 Å². The highest BCUT2D eigenvalue weighted by molar-refractivity contribution is 9.10. The van der Waals surface area contributed by atoms with E-state index in [2.05, 4.69) is 37.6 Å². The summed E-state index contributed by atoms with van der Waals surface area (Å²) in [4.78, 5) is 18.2. The van der Waals surface area contributed by atoms with Crippen LogP contribution in [0.2, 0.25) is 0 Å². The molecule has 1 amide bonds. The minimum atomic E-state index is -0.00723. The summed E-state index contributed by atoms with van der Waals surface area (Å²) in [5.41, 5.74) is 1.18.